The normalized spacial score (nSPS) is 9.54. The maximum Gasteiger partial charge on any atom is 1.00 e. The van der Waals surface area contributed by atoms with Crippen molar-refractivity contribution < 1.29 is 123 Å². The monoisotopic (exact) mass is 400 g/mol. The van der Waals surface area contributed by atoms with E-state index < -0.39 is 11.9 Å². The molecule has 2 aromatic heterocycles. The Bertz CT molecular complexity index is 961. The van der Waals surface area contributed by atoms with Gasteiger partial charge in [0, 0.05) is 11.1 Å². The van der Waals surface area contributed by atoms with Gasteiger partial charge in [0.05, 0.1) is 46.7 Å². The molecule has 0 radical (unpaired) electrons. The molecule has 8 nitrogen and oxygen atoms in total. The van der Waals surface area contributed by atoms with E-state index in [1.807, 2.05) is 0 Å². The minimum Gasteiger partial charge on any atom is -0.545 e. The average Bonchev–Trinajstić information content (AvgIpc) is 3.23. The smallest absolute Gasteiger partial charge is 0.545 e. The summed E-state index contributed by atoms with van der Waals surface area (Å²) in [6.45, 7) is 0. The summed E-state index contributed by atoms with van der Waals surface area (Å²) in [6, 6.07) is 9.75. The third-order valence-electron chi connectivity index (χ3n) is 3.34. The Kier molecular flexibility index (Phi) is 9.82. The number of aromatic nitrogens is 4. The summed E-state index contributed by atoms with van der Waals surface area (Å²) in [4.78, 5) is 34.4. The first-order chi connectivity index (χ1) is 11.6. The van der Waals surface area contributed by atoms with Gasteiger partial charge in [-0.2, -0.15) is 0 Å². The van der Waals surface area contributed by atoms with Crippen molar-refractivity contribution in [3.05, 3.63) is 60.2 Å². The Morgan fingerprint density at radius 1 is 0.731 bits per heavy atom. The van der Waals surface area contributed by atoms with E-state index >= 15 is 0 Å². The van der Waals surface area contributed by atoms with Crippen molar-refractivity contribution in [3.63, 3.8) is 0 Å². The number of benzene rings is 2. The molecule has 0 atom stereocenters. The maximum atomic E-state index is 10.5. The second kappa shape index (κ2) is 10.8. The summed E-state index contributed by atoms with van der Waals surface area (Å²) in [5.41, 5.74) is 2.53. The van der Waals surface area contributed by atoms with Crippen LogP contribution in [0.4, 0.5) is 0 Å². The van der Waals surface area contributed by atoms with Crippen LogP contribution in [0.15, 0.2) is 49.1 Å². The summed E-state index contributed by atoms with van der Waals surface area (Å²) < 4.78 is 0. The number of carbonyl (C=O) groups excluding carboxylic acids is 2. The molecule has 0 unspecified atom stereocenters. The number of rotatable bonds is 2. The van der Waals surface area contributed by atoms with Crippen LogP contribution in [0.1, 0.15) is 20.7 Å². The van der Waals surface area contributed by atoms with E-state index in [1.165, 1.54) is 24.8 Å². The molecule has 4 aromatic rings. The van der Waals surface area contributed by atoms with Crippen molar-refractivity contribution >= 4 is 34.0 Å². The Labute approximate surface area is 232 Å². The number of hydrogen-bond acceptors (Lipinski definition) is 6. The number of carbonyl (C=O) groups is 2. The van der Waals surface area contributed by atoms with Gasteiger partial charge in [0.15, 0.2) is 0 Å². The van der Waals surface area contributed by atoms with Gasteiger partial charge < -0.3 is 29.8 Å². The standard InChI is InChI=1S/2C8H6N2O2.2K/c2*11-8(12)5-2-1-3-6-7(5)10-4-9-6;;/h2*1-4H,(H,9,10)(H,11,12);;/q;;2*+1/p-2. The van der Waals surface area contributed by atoms with Crippen molar-refractivity contribution in [3.8, 4) is 0 Å². The Morgan fingerprint density at radius 3 is 1.46 bits per heavy atom. The van der Waals surface area contributed by atoms with Crippen LogP contribution in [-0.2, 0) is 0 Å². The molecule has 10 heteroatoms. The van der Waals surface area contributed by atoms with Crippen LogP contribution in [0.5, 0.6) is 0 Å². The number of nitrogens with one attached hydrogen (secondary N) is 2. The van der Waals surface area contributed by atoms with E-state index in [-0.39, 0.29) is 114 Å². The van der Waals surface area contributed by atoms with Crippen LogP contribution < -0.4 is 113 Å². The summed E-state index contributed by atoms with van der Waals surface area (Å²) >= 11 is 0. The van der Waals surface area contributed by atoms with Crippen LogP contribution in [0, 0.1) is 0 Å². The number of aromatic amines is 2. The van der Waals surface area contributed by atoms with Crippen LogP contribution in [0.3, 0.4) is 0 Å². The summed E-state index contributed by atoms with van der Waals surface area (Å²) in [6.07, 6.45) is 2.91. The fourth-order valence-electron chi connectivity index (χ4n) is 2.26. The van der Waals surface area contributed by atoms with Crippen molar-refractivity contribution in [1.29, 1.82) is 0 Å². The molecule has 120 valence electrons. The van der Waals surface area contributed by atoms with Crippen LogP contribution >= 0.6 is 0 Å². The van der Waals surface area contributed by atoms with Crippen molar-refractivity contribution in [2.45, 2.75) is 0 Å². The van der Waals surface area contributed by atoms with Gasteiger partial charge in [0.25, 0.3) is 0 Å². The van der Waals surface area contributed by atoms with Crippen molar-refractivity contribution in [1.82, 2.24) is 19.9 Å². The van der Waals surface area contributed by atoms with E-state index in [4.69, 9.17) is 0 Å². The van der Waals surface area contributed by atoms with Crippen LogP contribution in [0.2, 0.25) is 0 Å². The van der Waals surface area contributed by atoms with Crippen molar-refractivity contribution in [2.75, 3.05) is 0 Å². The molecule has 4 rings (SSSR count). The third-order valence-corrected chi connectivity index (χ3v) is 3.34. The number of aromatic carboxylic acids is 2. The molecule has 0 aliphatic rings. The fraction of sp³-hybridized carbons (Fsp3) is 0. The van der Waals surface area contributed by atoms with E-state index in [0.717, 1.165) is 0 Å². The Morgan fingerprint density at radius 2 is 1.12 bits per heavy atom. The number of nitrogens with zero attached hydrogens (tertiary/aromatic N) is 2. The van der Waals surface area contributed by atoms with E-state index in [2.05, 4.69) is 19.9 Å². The molecule has 0 saturated carbocycles. The second-order valence-corrected chi connectivity index (χ2v) is 4.78. The van der Waals surface area contributed by atoms with Gasteiger partial charge in [-0.3, -0.25) is 0 Å². The SMILES string of the molecule is O=C([O-])c1cccc2[nH]cnc12.O=C([O-])c1cccc2[nH]cnc12.[K+].[K+]. The number of carboxylic acids is 2. The topological polar surface area (TPSA) is 138 Å². The molecule has 2 N–H and O–H groups in total. The molecular weight excluding hydrogens is 390 g/mol. The molecule has 0 aliphatic heterocycles. The molecule has 26 heavy (non-hydrogen) atoms. The van der Waals surface area contributed by atoms with E-state index in [0.29, 0.717) is 22.1 Å². The predicted octanol–water partition coefficient (Wildman–Crippen LogP) is -6.14. The molecule has 0 amide bonds. The summed E-state index contributed by atoms with van der Waals surface area (Å²) in [5, 5.41) is 21.1. The Balaban J connectivity index is 0.000000241. The van der Waals surface area contributed by atoms with Gasteiger partial charge in [-0.25, -0.2) is 9.97 Å². The van der Waals surface area contributed by atoms with Gasteiger partial charge in [-0.05, 0) is 12.1 Å². The molecule has 0 aliphatic carbocycles. The molecular formula is C16H10K2N4O4. The minimum absolute atomic E-state index is 0. The third kappa shape index (κ3) is 5.32. The summed E-state index contributed by atoms with van der Waals surface area (Å²) in [5.74, 6) is -2.40. The first-order valence-electron chi connectivity index (χ1n) is 6.85. The molecule has 0 bridgehead atoms. The average molecular weight is 400 g/mol. The number of hydrogen-bond donors (Lipinski definition) is 2. The van der Waals surface area contributed by atoms with Gasteiger partial charge in [-0.1, -0.05) is 24.3 Å². The van der Waals surface area contributed by atoms with E-state index in [1.54, 1.807) is 24.3 Å². The number of carboxylic acid groups (broad SMARTS) is 2. The van der Waals surface area contributed by atoms with Gasteiger partial charge in [0.1, 0.15) is 0 Å². The number of imidazole rings is 2. The largest absolute Gasteiger partial charge is 1.00 e. The zero-order valence-corrected chi connectivity index (χ0v) is 20.4. The Hall–Kier alpha value is -0.407. The van der Waals surface area contributed by atoms with Gasteiger partial charge in [-0.15, -0.1) is 0 Å². The van der Waals surface area contributed by atoms with E-state index in [9.17, 15) is 19.8 Å². The number of H-pyrrole nitrogens is 2. The number of para-hydroxylation sites is 2. The molecule has 2 heterocycles. The predicted molar refractivity (Wildman–Crippen MR) is 80.8 cm³/mol. The first kappa shape index (κ1) is 23.6. The minimum atomic E-state index is -1.20. The van der Waals surface area contributed by atoms with Gasteiger partial charge in [0.2, 0.25) is 0 Å². The maximum absolute atomic E-state index is 10.5. The van der Waals surface area contributed by atoms with Crippen LogP contribution in [-0.4, -0.2) is 31.9 Å². The zero-order chi connectivity index (χ0) is 17.1. The number of fused-ring (bicyclic) bond motifs is 2. The van der Waals surface area contributed by atoms with Gasteiger partial charge >= 0.3 is 103 Å². The zero-order valence-electron chi connectivity index (χ0n) is 14.1. The molecule has 0 spiro atoms. The first-order valence-corrected chi connectivity index (χ1v) is 6.85. The second-order valence-electron chi connectivity index (χ2n) is 4.78. The molecule has 0 fully saturated rings. The molecule has 0 saturated heterocycles. The summed E-state index contributed by atoms with van der Waals surface area (Å²) in [7, 11) is 0. The van der Waals surface area contributed by atoms with Crippen molar-refractivity contribution in [2.24, 2.45) is 0 Å². The fourth-order valence-corrected chi connectivity index (χ4v) is 2.26. The molecule has 2 aromatic carbocycles. The quantitative estimate of drug-likeness (QED) is 0.321. The van der Waals surface area contributed by atoms with Crippen LogP contribution in [0.25, 0.3) is 22.1 Å².